The van der Waals surface area contributed by atoms with Gasteiger partial charge in [0.2, 0.25) is 12.8 Å². The molecule has 1 aliphatic heterocycles. The zero-order valence-electron chi connectivity index (χ0n) is 18.4. The highest BCUT2D eigenvalue weighted by Crippen LogP contribution is 2.34. The van der Waals surface area contributed by atoms with Crippen LogP contribution < -0.4 is 15.4 Å². The molecule has 2 N–H and O–H groups in total. The van der Waals surface area contributed by atoms with Crippen LogP contribution in [0, 0.1) is 5.82 Å². The van der Waals surface area contributed by atoms with E-state index in [4.69, 9.17) is 16.3 Å². The Morgan fingerprint density at radius 3 is 2.76 bits per heavy atom. The minimum Gasteiger partial charge on any atom is -0.461 e. The van der Waals surface area contributed by atoms with Crippen LogP contribution in [-0.2, 0) is 4.79 Å². The summed E-state index contributed by atoms with van der Waals surface area (Å²) in [5.74, 6) is -0.360. The highest BCUT2D eigenvalue weighted by molar-refractivity contribution is 6.31. The SMILES string of the molecule is O=C(/C=C/CN1CCCCC1)Nc1cc2c(Nc3ccc(F)c(Cl)c3)ncnc2cc1OCF. The molecule has 1 fully saturated rings. The minimum atomic E-state index is -1.07. The maximum Gasteiger partial charge on any atom is 0.248 e. The number of likely N-dealkylation sites (tertiary alicyclic amines) is 1. The third-order valence-electron chi connectivity index (χ3n) is 5.47. The van der Waals surface area contributed by atoms with Crippen LogP contribution in [-0.4, -0.2) is 47.3 Å². The molecule has 0 saturated carbocycles. The highest BCUT2D eigenvalue weighted by atomic mass is 35.5. The van der Waals surface area contributed by atoms with Crippen LogP contribution in [0.4, 0.5) is 26.0 Å². The van der Waals surface area contributed by atoms with E-state index in [0.717, 1.165) is 13.1 Å². The van der Waals surface area contributed by atoms with Gasteiger partial charge in [-0.1, -0.05) is 24.1 Å². The second-order valence-electron chi connectivity index (χ2n) is 7.85. The Morgan fingerprint density at radius 1 is 1.18 bits per heavy atom. The normalized spacial score (nSPS) is 14.4. The first-order valence-electron chi connectivity index (χ1n) is 10.9. The van der Waals surface area contributed by atoms with Gasteiger partial charge in [0.1, 0.15) is 23.7 Å². The largest absolute Gasteiger partial charge is 0.461 e. The average Bonchev–Trinajstić information content (AvgIpc) is 2.83. The molecule has 0 bridgehead atoms. The topological polar surface area (TPSA) is 79.4 Å². The summed E-state index contributed by atoms with van der Waals surface area (Å²) >= 11 is 5.87. The van der Waals surface area contributed by atoms with E-state index in [0.29, 0.717) is 29.0 Å². The Balaban J connectivity index is 1.57. The molecule has 0 aliphatic carbocycles. The number of fused-ring (bicyclic) bond motifs is 1. The van der Waals surface area contributed by atoms with Gasteiger partial charge in [-0.15, -0.1) is 0 Å². The first-order chi connectivity index (χ1) is 16.5. The van der Waals surface area contributed by atoms with Gasteiger partial charge in [-0.25, -0.2) is 18.7 Å². The number of hydrogen-bond donors (Lipinski definition) is 2. The molecular weight excluding hydrogens is 464 g/mol. The molecule has 178 valence electrons. The summed E-state index contributed by atoms with van der Waals surface area (Å²) in [6, 6.07) is 7.31. The lowest BCUT2D eigenvalue weighted by Crippen LogP contribution is -2.29. The summed E-state index contributed by atoms with van der Waals surface area (Å²) in [7, 11) is 0. The summed E-state index contributed by atoms with van der Waals surface area (Å²) in [5.41, 5.74) is 1.25. The number of carbonyl (C=O) groups is 1. The number of halogens is 3. The fraction of sp³-hybridized carbons (Fsp3) is 0.292. The molecular formula is C24H24ClF2N5O2. The third-order valence-corrected chi connectivity index (χ3v) is 5.76. The van der Waals surface area contributed by atoms with E-state index in [1.807, 2.05) is 6.08 Å². The molecule has 10 heteroatoms. The molecule has 3 aromatic rings. The van der Waals surface area contributed by atoms with Crippen LogP contribution in [0.1, 0.15) is 19.3 Å². The number of nitrogens with one attached hydrogen (secondary N) is 2. The van der Waals surface area contributed by atoms with Crippen LogP contribution >= 0.6 is 11.6 Å². The Morgan fingerprint density at radius 2 is 2.00 bits per heavy atom. The Kier molecular flexibility index (Phi) is 7.87. The summed E-state index contributed by atoms with van der Waals surface area (Å²) in [5, 5.41) is 6.32. The van der Waals surface area contributed by atoms with Crippen molar-refractivity contribution >= 4 is 45.6 Å². The van der Waals surface area contributed by atoms with Crippen LogP contribution in [0.5, 0.6) is 5.75 Å². The van der Waals surface area contributed by atoms with Crippen molar-refractivity contribution in [2.24, 2.45) is 0 Å². The summed E-state index contributed by atoms with van der Waals surface area (Å²) in [4.78, 5) is 23.3. The molecule has 4 rings (SSSR count). The van der Waals surface area contributed by atoms with Gasteiger partial charge < -0.3 is 15.4 Å². The zero-order chi connectivity index (χ0) is 23.9. The number of amides is 1. The lowest BCUT2D eigenvalue weighted by atomic mass is 10.1. The molecule has 1 aromatic heterocycles. The van der Waals surface area contributed by atoms with Gasteiger partial charge >= 0.3 is 0 Å². The fourth-order valence-electron chi connectivity index (χ4n) is 3.80. The maximum absolute atomic E-state index is 13.5. The van der Waals surface area contributed by atoms with E-state index >= 15 is 0 Å². The molecule has 2 heterocycles. The number of carbonyl (C=O) groups excluding carboxylic acids is 1. The molecule has 34 heavy (non-hydrogen) atoms. The van der Waals surface area contributed by atoms with Crippen LogP contribution in [0.3, 0.4) is 0 Å². The number of nitrogens with zero attached hydrogens (tertiary/aromatic N) is 3. The monoisotopic (exact) mass is 487 g/mol. The van der Waals surface area contributed by atoms with Crippen molar-refractivity contribution in [2.75, 3.05) is 37.1 Å². The quantitative estimate of drug-likeness (QED) is 0.411. The molecule has 0 spiro atoms. The Labute approximate surface area is 200 Å². The molecule has 0 unspecified atom stereocenters. The average molecular weight is 488 g/mol. The summed E-state index contributed by atoms with van der Waals surface area (Å²) in [6.07, 6.45) is 8.18. The maximum atomic E-state index is 13.5. The smallest absolute Gasteiger partial charge is 0.248 e. The second kappa shape index (κ2) is 11.2. The highest BCUT2D eigenvalue weighted by Gasteiger charge is 2.14. The molecule has 7 nitrogen and oxygen atoms in total. The van der Waals surface area contributed by atoms with E-state index in [9.17, 15) is 13.6 Å². The van der Waals surface area contributed by atoms with Gasteiger partial charge in [-0.05, 0) is 50.2 Å². The number of benzene rings is 2. The van der Waals surface area contributed by atoms with Gasteiger partial charge in [-0.2, -0.15) is 0 Å². The number of hydrogen-bond acceptors (Lipinski definition) is 6. The predicted octanol–water partition coefficient (Wildman–Crippen LogP) is 5.45. The first-order valence-corrected chi connectivity index (χ1v) is 11.3. The number of ether oxygens (including phenoxy) is 1. The number of aromatic nitrogens is 2. The van der Waals surface area contributed by atoms with Crippen molar-refractivity contribution < 1.29 is 18.3 Å². The van der Waals surface area contributed by atoms with Crippen LogP contribution in [0.2, 0.25) is 5.02 Å². The van der Waals surface area contributed by atoms with E-state index in [1.165, 1.54) is 55.9 Å². The minimum absolute atomic E-state index is 0.0358. The Bertz CT molecular complexity index is 1200. The number of rotatable bonds is 8. The fourth-order valence-corrected chi connectivity index (χ4v) is 3.98. The van der Waals surface area contributed by atoms with Crippen molar-refractivity contribution in [3.8, 4) is 5.75 Å². The van der Waals surface area contributed by atoms with Crippen molar-refractivity contribution in [1.82, 2.24) is 14.9 Å². The first kappa shape index (κ1) is 23.8. The van der Waals surface area contributed by atoms with E-state index < -0.39 is 12.7 Å². The van der Waals surface area contributed by atoms with Crippen molar-refractivity contribution in [3.63, 3.8) is 0 Å². The number of piperidine rings is 1. The second-order valence-corrected chi connectivity index (χ2v) is 8.26. The van der Waals surface area contributed by atoms with E-state index in [1.54, 1.807) is 6.07 Å². The van der Waals surface area contributed by atoms with Crippen molar-refractivity contribution in [3.05, 3.63) is 59.7 Å². The van der Waals surface area contributed by atoms with E-state index in [-0.39, 0.29) is 22.4 Å². The van der Waals surface area contributed by atoms with E-state index in [2.05, 4.69) is 25.5 Å². The van der Waals surface area contributed by atoms with Gasteiger partial charge in [0.25, 0.3) is 0 Å². The van der Waals surface area contributed by atoms with Crippen molar-refractivity contribution in [1.29, 1.82) is 0 Å². The lowest BCUT2D eigenvalue weighted by molar-refractivity contribution is -0.111. The molecule has 1 amide bonds. The van der Waals surface area contributed by atoms with Crippen molar-refractivity contribution in [2.45, 2.75) is 19.3 Å². The zero-order valence-corrected chi connectivity index (χ0v) is 19.1. The van der Waals surface area contributed by atoms with Gasteiger partial charge in [0, 0.05) is 29.8 Å². The number of anilines is 3. The summed E-state index contributed by atoms with van der Waals surface area (Å²) in [6.45, 7) is 1.69. The molecule has 2 aromatic carbocycles. The molecule has 0 radical (unpaired) electrons. The molecule has 1 aliphatic rings. The lowest BCUT2D eigenvalue weighted by Gasteiger charge is -2.24. The van der Waals surface area contributed by atoms with Gasteiger partial charge in [-0.3, -0.25) is 9.69 Å². The number of alkyl halides is 1. The third kappa shape index (κ3) is 5.98. The van der Waals surface area contributed by atoms with Crippen LogP contribution in [0.25, 0.3) is 10.9 Å². The molecule has 0 atom stereocenters. The summed E-state index contributed by atoms with van der Waals surface area (Å²) < 4.78 is 31.6. The van der Waals surface area contributed by atoms with Gasteiger partial charge in [0.05, 0.1) is 16.2 Å². The standard InChI is InChI=1S/C24H24ClF2N5O2/c25-18-11-16(6-7-19(18)27)30-24-17-12-21(22(34-14-26)13-20(17)28-15-29-24)31-23(33)5-4-10-32-8-2-1-3-9-32/h4-7,11-13,15H,1-3,8-10,14H2,(H,31,33)(H,28,29,30)/b5-4+. The Hall–Kier alpha value is -3.30. The molecule has 1 saturated heterocycles. The van der Waals surface area contributed by atoms with Crippen LogP contribution in [0.15, 0.2) is 48.8 Å². The predicted molar refractivity (Wildman–Crippen MR) is 129 cm³/mol. The van der Waals surface area contributed by atoms with Gasteiger partial charge in [0.15, 0.2) is 0 Å².